The molecule has 0 atom stereocenters. The second kappa shape index (κ2) is 5.82. The maximum Gasteiger partial charge on any atom is 0.187 e. The Morgan fingerprint density at radius 1 is 1.41 bits per heavy atom. The molecule has 1 heterocycles. The molecule has 0 amide bonds. The van der Waals surface area contributed by atoms with E-state index in [9.17, 15) is 5.11 Å². The Labute approximate surface area is 100 Å². The van der Waals surface area contributed by atoms with Crippen LogP contribution in [0.2, 0.25) is 0 Å². The van der Waals surface area contributed by atoms with Gasteiger partial charge in [-0.3, -0.25) is 0 Å². The normalized spacial score (nSPS) is 17.4. The van der Waals surface area contributed by atoms with E-state index in [2.05, 4.69) is 0 Å². The van der Waals surface area contributed by atoms with Crippen molar-refractivity contribution >= 4 is 5.57 Å². The van der Waals surface area contributed by atoms with Crippen LogP contribution >= 0.6 is 0 Å². The minimum absolute atomic E-state index is 0.0239. The van der Waals surface area contributed by atoms with E-state index in [0.29, 0.717) is 13.2 Å². The molecule has 2 rings (SSSR count). The first-order valence-electron chi connectivity index (χ1n) is 5.52. The lowest BCUT2D eigenvalue weighted by Crippen LogP contribution is -2.12. The fourth-order valence-corrected chi connectivity index (χ4v) is 1.85. The van der Waals surface area contributed by atoms with Crippen molar-refractivity contribution in [3.63, 3.8) is 0 Å². The maximum absolute atomic E-state index is 9.33. The van der Waals surface area contributed by atoms with Gasteiger partial charge in [0.1, 0.15) is 0 Å². The van der Waals surface area contributed by atoms with E-state index in [1.54, 1.807) is 13.4 Å². The summed E-state index contributed by atoms with van der Waals surface area (Å²) in [4.78, 5) is 0. The molecule has 0 saturated carbocycles. The molecule has 1 N–H and O–H groups in total. The fraction of sp³-hybridized carbons (Fsp3) is 0.385. The van der Waals surface area contributed by atoms with E-state index in [1.807, 2.05) is 24.3 Å². The third-order valence-corrected chi connectivity index (χ3v) is 2.62. The predicted octanol–water partition coefficient (Wildman–Crippen LogP) is 1.54. The summed E-state index contributed by atoms with van der Waals surface area (Å²) < 4.78 is 16.0. The SMILES string of the molecule is CO/C=C(\c1ccccc1CO)C1OCCO1. The Balaban J connectivity index is 2.35. The van der Waals surface area contributed by atoms with Gasteiger partial charge in [-0.05, 0) is 11.1 Å². The number of aliphatic hydroxyl groups is 1. The van der Waals surface area contributed by atoms with E-state index in [0.717, 1.165) is 16.7 Å². The highest BCUT2D eigenvalue weighted by Gasteiger charge is 2.24. The van der Waals surface area contributed by atoms with Crippen LogP contribution in [0.15, 0.2) is 30.5 Å². The van der Waals surface area contributed by atoms with Gasteiger partial charge in [-0.15, -0.1) is 0 Å². The summed E-state index contributed by atoms with van der Waals surface area (Å²) in [6, 6.07) is 7.58. The molecule has 1 aromatic rings. The van der Waals surface area contributed by atoms with Crippen molar-refractivity contribution in [2.75, 3.05) is 20.3 Å². The van der Waals surface area contributed by atoms with Crippen LogP contribution in [0.5, 0.6) is 0 Å². The van der Waals surface area contributed by atoms with Crippen LogP contribution in [0.4, 0.5) is 0 Å². The minimum Gasteiger partial charge on any atom is -0.504 e. The molecule has 4 nitrogen and oxygen atoms in total. The third kappa shape index (κ3) is 2.66. The summed E-state index contributed by atoms with van der Waals surface area (Å²) in [5.74, 6) is 0. The van der Waals surface area contributed by atoms with Crippen LogP contribution in [0.3, 0.4) is 0 Å². The van der Waals surface area contributed by atoms with Gasteiger partial charge < -0.3 is 19.3 Å². The average Bonchev–Trinajstić information content (AvgIpc) is 2.89. The first kappa shape index (κ1) is 12.1. The third-order valence-electron chi connectivity index (χ3n) is 2.62. The van der Waals surface area contributed by atoms with Gasteiger partial charge in [-0.2, -0.15) is 0 Å². The van der Waals surface area contributed by atoms with Crippen LogP contribution in [0.25, 0.3) is 5.57 Å². The first-order chi connectivity index (χ1) is 8.36. The van der Waals surface area contributed by atoms with Gasteiger partial charge in [0.15, 0.2) is 6.29 Å². The van der Waals surface area contributed by atoms with Crippen molar-refractivity contribution in [1.82, 2.24) is 0 Å². The van der Waals surface area contributed by atoms with Gasteiger partial charge in [0.2, 0.25) is 0 Å². The minimum atomic E-state index is -0.414. The van der Waals surface area contributed by atoms with Crippen molar-refractivity contribution < 1.29 is 19.3 Å². The van der Waals surface area contributed by atoms with Crippen LogP contribution in [0, 0.1) is 0 Å². The Morgan fingerprint density at radius 3 is 2.76 bits per heavy atom. The van der Waals surface area contributed by atoms with Crippen LogP contribution in [-0.4, -0.2) is 31.7 Å². The molecule has 0 radical (unpaired) electrons. The van der Waals surface area contributed by atoms with E-state index < -0.39 is 6.29 Å². The Morgan fingerprint density at radius 2 is 2.12 bits per heavy atom. The molecule has 0 spiro atoms. The number of methoxy groups -OCH3 is 1. The Bertz CT molecular complexity index is 394. The van der Waals surface area contributed by atoms with E-state index in [4.69, 9.17) is 14.2 Å². The second-order valence-electron chi connectivity index (χ2n) is 3.70. The first-order valence-corrected chi connectivity index (χ1v) is 5.52. The van der Waals surface area contributed by atoms with Crippen LogP contribution in [-0.2, 0) is 20.8 Å². The second-order valence-corrected chi connectivity index (χ2v) is 3.70. The molecular formula is C13H16O4. The molecule has 1 aliphatic rings. The van der Waals surface area contributed by atoms with E-state index in [1.165, 1.54) is 0 Å². The maximum atomic E-state index is 9.33. The predicted molar refractivity (Wildman–Crippen MR) is 63.0 cm³/mol. The molecule has 0 aliphatic carbocycles. The topological polar surface area (TPSA) is 47.9 Å². The number of hydrogen-bond donors (Lipinski definition) is 1. The molecule has 17 heavy (non-hydrogen) atoms. The lowest BCUT2D eigenvalue weighted by atomic mass is 10.0. The van der Waals surface area contributed by atoms with E-state index >= 15 is 0 Å². The summed E-state index contributed by atoms with van der Waals surface area (Å²) in [5.41, 5.74) is 2.52. The molecule has 92 valence electrons. The zero-order valence-electron chi connectivity index (χ0n) is 9.76. The molecule has 0 bridgehead atoms. The average molecular weight is 236 g/mol. The standard InChI is InChI=1S/C13H16O4/c1-15-9-12(13-16-6-7-17-13)11-5-3-2-4-10(11)8-14/h2-5,9,13-14H,6-8H2,1H3/b12-9+. The molecule has 0 aromatic heterocycles. The largest absolute Gasteiger partial charge is 0.504 e. The van der Waals surface area contributed by atoms with Crippen molar-refractivity contribution in [2.45, 2.75) is 12.9 Å². The molecular weight excluding hydrogens is 220 g/mol. The van der Waals surface area contributed by atoms with Gasteiger partial charge in [-0.1, -0.05) is 24.3 Å². The highest BCUT2D eigenvalue weighted by Crippen LogP contribution is 2.27. The van der Waals surface area contributed by atoms with Gasteiger partial charge in [0, 0.05) is 5.57 Å². The monoisotopic (exact) mass is 236 g/mol. The summed E-state index contributed by atoms with van der Waals surface area (Å²) in [5, 5.41) is 9.33. The molecule has 1 aromatic carbocycles. The van der Waals surface area contributed by atoms with Gasteiger partial charge in [0.25, 0.3) is 0 Å². The highest BCUT2D eigenvalue weighted by molar-refractivity contribution is 5.69. The van der Waals surface area contributed by atoms with Crippen molar-refractivity contribution in [2.24, 2.45) is 0 Å². The molecule has 4 heteroatoms. The van der Waals surface area contributed by atoms with Crippen LogP contribution in [0.1, 0.15) is 11.1 Å². The smallest absolute Gasteiger partial charge is 0.187 e. The molecule has 0 unspecified atom stereocenters. The zero-order valence-corrected chi connectivity index (χ0v) is 9.76. The Kier molecular flexibility index (Phi) is 4.14. The molecule has 1 aliphatic heterocycles. The van der Waals surface area contributed by atoms with Crippen molar-refractivity contribution in [3.05, 3.63) is 41.7 Å². The highest BCUT2D eigenvalue weighted by atomic mass is 16.7. The summed E-state index contributed by atoms with van der Waals surface area (Å²) in [6.45, 7) is 1.13. The molecule has 1 saturated heterocycles. The molecule has 1 fully saturated rings. The number of rotatable bonds is 4. The van der Waals surface area contributed by atoms with Gasteiger partial charge >= 0.3 is 0 Å². The lowest BCUT2D eigenvalue weighted by molar-refractivity contribution is 0.00553. The summed E-state index contributed by atoms with van der Waals surface area (Å²) in [6.07, 6.45) is 1.19. The van der Waals surface area contributed by atoms with Crippen molar-refractivity contribution in [1.29, 1.82) is 0 Å². The zero-order chi connectivity index (χ0) is 12.1. The van der Waals surface area contributed by atoms with Gasteiger partial charge in [0.05, 0.1) is 33.2 Å². The summed E-state index contributed by atoms with van der Waals surface area (Å²) >= 11 is 0. The fourth-order valence-electron chi connectivity index (χ4n) is 1.85. The number of hydrogen-bond acceptors (Lipinski definition) is 4. The number of benzene rings is 1. The quantitative estimate of drug-likeness (QED) is 0.805. The van der Waals surface area contributed by atoms with Crippen molar-refractivity contribution in [3.8, 4) is 0 Å². The Hall–Kier alpha value is -1.36. The van der Waals surface area contributed by atoms with Gasteiger partial charge in [-0.25, -0.2) is 0 Å². The lowest BCUT2D eigenvalue weighted by Gasteiger charge is -2.16. The van der Waals surface area contributed by atoms with Crippen LogP contribution < -0.4 is 0 Å². The summed E-state index contributed by atoms with van der Waals surface area (Å²) in [7, 11) is 1.58. The van der Waals surface area contributed by atoms with E-state index in [-0.39, 0.29) is 6.61 Å². The number of ether oxygens (including phenoxy) is 3. The number of aliphatic hydroxyl groups excluding tert-OH is 1.